The molecule has 1 saturated heterocycles. The van der Waals surface area contributed by atoms with Crippen molar-refractivity contribution in [1.29, 1.82) is 0 Å². The third kappa shape index (κ3) is 3.09. The highest BCUT2D eigenvalue weighted by Gasteiger charge is 2.22. The lowest BCUT2D eigenvalue weighted by Crippen LogP contribution is -2.33. The molecule has 0 amide bonds. The van der Waals surface area contributed by atoms with Crippen molar-refractivity contribution in [2.45, 2.75) is 19.0 Å². The predicted molar refractivity (Wildman–Crippen MR) is 70.8 cm³/mol. The second kappa shape index (κ2) is 5.50. The van der Waals surface area contributed by atoms with Gasteiger partial charge in [-0.3, -0.25) is 4.90 Å². The average molecular weight is 248 g/mol. The zero-order valence-electron chi connectivity index (χ0n) is 11.0. The summed E-state index contributed by atoms with van der Waals surface area (Å²) < 4.78 is 0. The minimum atomic E-state index is -0.868. The van der Waals surface area contributed by atoms with E-state index in [-0.39, 0.29) is 0 Å². The Hall–Kier alpha value is -1.39. The fourth-order valence-electron chi connectivity index (χ4n) is 2.44. The normalized spacial score (nSPS) is 20.5. The van der Waals surface area contributed by atoms with E-state index in [1.165, 1.54) is 6.42 Å². The van der Waals surface area contributed by atoms with Crippen LogP contribution >= 0.6 is 0 Å². The molecule has 1 fully saturated rings. The van der Waals surface area contributed by atoms with Gasteiger partial charge in [-0.1, -0.05) is 12.1 Å². The molecule has 0 unspecified atom stereocenters. The van der Waals surface area contributed by atoms with Crippen LogP contribution in [0, 0.1) is 0 Å². The van der Waals surface area contributed by atoms with Crippen LogP contribution in [0.15, 0.2) is 24.3 Å². The van der Waals surface area contributed by atoms with Gasteiger partial charge in [-0.05, 0) is 44.8 Å². The lowest BCUT2D eigenvalue weighted by atomic mass is 10.1. The number of likely N-dealkylation sites (tertiary alicyclic amines) is 1. The largest absolute Gasteiger partial charge is 0.478 e. The van der Waals surface area contributed by atoms with Crippen LogP contribution in [0.3, 0.4) is 0 Å². The molecule has 0 aromatic heterocycles. The Kier molecular flexibility index (Phi) is 3.99. The molecule has 2 rings (SSSR count). The number of nitrogens with zero attached hydrogens (tertiary/aromatic N) is 2. The van der Waals surface area contributed by atoms with Crippen LogP contribution in [-0.2, 0) is 6.54 Å². The highest BCUT2D eigenvalue weighted by atomic mass is 16.4. The number of likely N-dealkylation sites (N-methyl/N-ethyl adjacent to an activating group) is 2. The standard InChI is InChI=1S/C14H20N2O2/c1-15-8-7-13(10-15)16(2)9-11-3-5-12(6-4-11)14(17)18/h3-6,13H,7-10H2,1-2H3,(H,17,18)/t13-/m0/s1. The molecule has 0 radical (unpaired) electrons. The second-order valence-electron chi connectivity index (χ2n) is 5.12. The van der Waals surface area contributed by atoms with Crippen molar-refractivity contribution in [2.75, 3.05) is 27.2 Å². The molecule has 1 aliphatic heterocycles. The number of carboxylic acid groups (broad SMARTS) is 1. The Labute approximate surface area is 108 Å². The third-order valence-electron chi connectivity index (χ3n) is 3.62. The number of benzene rings is 1. The van der Waals surface area contributed by atoms with E-state index in [1.807, 2.05) is 12.1 Å². The van der Waals surface area contributed by atoms with Crippen molar-refractivity contribution in [3.63, 3.8) is 0 Å². The quantitative estimate of drug-likeness (QED) is 0.877. The van der Waals surface area contributed by atoms with Crippen LogP contribution in [-0.4, -0.2) is 54.1 Å². The van der Waals surface area contributed by atoms with E-state index in [0.717, 1.165) is 25.2 Å². The summed E-state index contributed by atoms with van der Waals surface area (Å²) in [7, 11) is 4.28. The molecule has 1 aromatic rings. The molecule has 1 atom stereocenters. The summed E-state index contributed by atoms with van der Waals surface area (Å²) in [5.74, 6) is -0.868. The van der Waals surface area contributed by atoms with Crippen LogP contribution in [0.2, 0.25) is 0 Å². The first-order valence-corrected chi connectivity index (χ1v) is 6.27. The van der Waals surface area contributed by atoms with Gasteiger partial charge in [-0.25, -0.2) is 4.79 Å². The number of carbonyl (C=O) groups is 1. The summed E-state index contributed by atoms with van der Waals surface area (Å²) >= 11 is 0. The van der Waals surface area contributed by atoms with Crippen LogP contribution in [0.4, 0.5) is 0 Å². The molecule has 4 nitrogen and oxygen atoms in total. The van der Waals surface area contributed by atoms with Gasteiger partial charge in [0, 0.05) is 19.1 Å². The van der Waals surface area contributed by atoms with Gasteiger partial charge in [0.15, 0.2) is 0 Å². The molecular weight excluding hydrogens is 228 g/mol. The monoisotopic (exact) mass is 248 g/mol. The summed E-state index contributed by atoms with van der Waals surface area (Å²) in [6, 6.07) is 7.75. The fourth-order valence-corrected chi connectivity index (χ4v) is 2.44. The van der Waals surface area contributed by atoms with Crippen molar-refractivity contribution in [2.24, 2.45) is 0 Å². The van der Waals surface area contributed by atoms with Gasteiger partial charge in [-0.2, -0.15) is 0 Å². The zero-order chi connectivity index (χ0) is 13.1. The molecule has 0 aliphatic carbocycles. The van der Waals surface area contributed by atoms with Gasteiger partial charge in [0.05, 0.1) is 5.56 Å². The van der Waals surface area contributed by atoms with Gasteiger partial charge >= 0.3 is 5.97 Å². The predicted octanol–water partition coefficient (Wildman–Crippen LogP) is 1.52. The lowest BCUT2D eigenvalue weighted by molar-refractivity contribution is 0.0697. The Bertz CT molecular complexity index is 416. The van der Waals surface area contributed by atoms with Crippen molar-refractivity contribution in [3.05, 3.63) is 35.4 Å². The van der Waals surface area contributed by atoms with Crippen molar-refractivity contribution < 1.29 is 9.90 Å². The van der Waals surface area contributed by atoms with Crippen LogP contribution in [0.25, 0.3) is 0 Å². The molecule has 1 N–H and O–H groups in total. The zero-order valence-corrected chi connectivity index (χ0v) is 11.0. The number of hydrogen-bond acceptors (Lipinski definition) is 3. The molecule has 1 heterocycles. The Morgan fingerprint density at radius 1 is 1.44 bits per heavy atom. The lowest BCUT2D eigenvalue weighted by Gasteiger charge is -2.24. The molecule has 0 bridgehead atoms. The van der Waals surface area contributed by atoms with Gasteiger partial charge in [0.1, 0.15) is 0 Å². The fraction of sp³-hybridized carbons (Fsp3) is 0.500. The molecule has 4 heteroatoms. The topological polar surface area (TPSA) is 43.8 Å². The number of aromatic carboxylic acids is 1. The van der Waals surface area contributed by atoms with E-state index in [2.05, 4.69) is 23.9 Å². The van der Waals surface area contributed by atoms with E-state index in [0.29, 0.717) is 11.6 Å². The Morgan fingerprint density at radius 2 is 2.11 bits per heavy atom. The van der Waals surface area contributed by atoms with E-state index in [9.17, 15) is 4.79 Å². The first kappa shape index (κ1) is 13.1. The number of rotatable bonds is 4. The first-order chi connectivity index (χ1) is 8.56. The van der Waals surface area contributed by atoms with Gasteiger partial charge in [0.25, 0.3) is 0 Å². The maximum atomic E-state index is 10.8. The van der Waals surface area contributed by atoms with E-state index in [4.69, 9.17) is 5.11 Å². The van der Waals surface area contributed by atoms with E-state index < -0.39 is 5.97 Å². The average Bonchev–Trinajstić information content (AvgIpc) is 2.76. The second-order valence-corrected chi connectivity index (χ2v) is 5.12. The van der Waals surface area contributed by atoms with Crippen LogP contribution in [0.1, 0.15) is 22.3 Å². The molecule has 1 aromatic carbocycles. The molecule has 0 spiro atoms. The summed E-state index contributed by atoms with van der Waals surface area (Å²) in [6.07, 6.45) is 1.21. The van der Waals surface area contributed by atoms with E-state index in [1.54, 1.807) is 12.1 Å². The summed E-state index contributed by atoms with van der Waals surface area (Å²) in [6.45, 7) is 3.15. The van der Waals surface area contributed by atoms with E-state index >= 15 is 0 Å². The third-order valence-corrected chi connectivity index (χ3v) is 3.62. The van der Waals surface area contributed by atoms with Gasteiger partial charge < -0.3 is 10.0 Å². The SMILES string of the molecule is CN1CC[C@H](N(C)Cc2ccc(C(=O)O)cc2)C1. The minimum absolute atomic E-state index is 0.349. The van der Waals surface area contributed by atoms with Crippen LogP contribution in [0.5, 0.6) is 0 Å². The minimum Gasteiger partial charge on any atom is -0.478 e. The highest BCUT2D eigenvalue weighted by Crippen LogP contribution is 2.15. The highest BCUT2D eigenvalue weighted by molar-refractivity contribution is 5.87. The summed E-state index contributed by atoms with van der Waals surface area (Å²) in [4.78, 5) is 15.5. The number of carboxylic acids is 1. The van der Waals surface area contributed by atoms with Crippen molar-refractivity contribution >= 4 is 5.97 Å². The van der Waals surface area contributed by atoms with Crippen molar-refractivity contribution in [3.8, 4) is 0 Å². The summed E-state index contributed by atoms with van der Waals surface area (Å²) in [5, 5.41) is 8.84. The molecule has 0 saturated carbocycles. The Balaban J connectivity index is 1.94. The van der Waals surface area contributed by atoms with Gasteiger partial charge in [-0.15, -0.1) is 0 Å². The maximum Gasteiger partial charge on any atom is 0.335 e. The molecule has 18 heavy (non-hydrogen) atoms. The maximum absolute atomic E-state index is 10.8. The molecule has 1 aliphatic rings. The van der Waals surface area contributed by atoms with Crippen LogP contribution < -0.4 is 0 Å². The summed E-state index contributed by atoms with van der Waals surface area (Å²) in [5.41, 5.74) is 1.51. The Morgan fingerprint density at radius 3 is 2.61 bits per heavy atom. The number of hydrogen-bond donors (Lipinski definition) is 1. The smallest absolute Gasteiger partial charge is 0.335 e. The van der Waals surface area contributed by atoms with Gasteiger partial charge in [0.2, 0.25) is 0 Å². The first-order valence-electron chi connectivity index (χ1n) is 6.27. The molecular formula is C14H20N2O2. The van der Waals surface area contributed by atoms with Crippen molar-refractivity contribution in [1.82, 2.24) is 9.80 Å². The molecule has 98 valence electrons.